The highest BCUT2D eigenvalue weighted by molar-refractivity contribution is 7.89. The monoisotopic (exact) mass is 429 g/mol. The van der Waals surface area contributed by atoms with Crippen molar-refractivity contribution >= 4 is 16.0 Å². The topological polar surface area (TPSA) is 112 Å². The summed E-state index contributed by atoms with van der Waals surface area (Å²) in [5, 5.41) is 10.3. The second kappa shape index (κ2) is 9.40. The van der Waals surface area contributed by atoms with Crippen LogP contribution in [0.4, 0.5) is 0 Å². The summed E-state index contributed by atoms with van der Waals surface area (Å²) in [7, 11) is -1.25. The molecule has 2 saturated heterocycles. The fourth-order valence-corrected chi connectivity index (χ4v) is 5.67. The summed E-state index contributed by atoms with van der Waals surface area (Å²) in [5.74, 6) is -0.147. The predicted molar refractivity (Wildman–Crippen MR) is 102 cm³/mol. The largest absolute Gasteiger partial charge is 0.495 e. The molecule has 0 radical (unpaired) electrons. The molecule has 10 heteroatoms. The molecule has 2 fully saturated rings. The average molecular weight is 429 g/mol. The number of fused-ring (bicyclic) bond motifs is 1. The molecular formula is C19H27NO8S. The molecule has 2 aliphatic heterocycles. The standard InChI is InChI=1S/C19H27NO8S/c1-25-16-5-3-4-6-18(16)29(23,24)20-10-13(21)11-27-12-17-15(20)8-7-14(28-17)9-19(22)26-2/h3-6,13-15,17,21H,7-12H2,1-2H3/t13-,14+,15+,17-/m1/s1. The average Bonchev–Trinajstić information content (AvgIpc) is 2.71. The van der Waals surface area contributed by atoms with Crippen LogP contribution in [-0.2, 0) is 29.0 Å². The fourth-order valence-electron chi connectivity index (χ4n) is 3.80. The molecule has 1 aromatic rings. The van der Waals surface area contributed by atoms with Gasteiger partial charge in [0.1, 0.15) is 10.6 Å². The Morgan fingerprint density at radius 1 is 1.24 bits per heavy atom. The summed E-state index contributed by atoms with van der Waals surface area (Å²) in [6.07, 6.45) is -0.834. The molecule has 0 spiro atoms. The Hall–Kier alpha value is -1.72. The molecule has 1 N–H and O–H groups in total. The molecular weight excluding hydrogens is 402 g/mol. The van der Waals surface area contributed by atoms with Gasteiger partial charge in [0.2, 0.25) is 10.0 Å². The minimum absolute atomic E-state index is 0.00775. The normalized spacial score (nSPS) is 28.7. The van der Waals surface area contributed by atoms with Gasteiger partial charge >= 0.3 is 5.97 Å². The molecule has 1 aromatic carbocycles. The van der Waals surface area contributed by atoms with Crippen molar-refractivity contribution in [2.45, 2.75) is 48.5 Å². The number of aliphatic hydroxyl groups excluding tert-OH is 1. The Labute approximate surface area is 170 Å². The van der Waals surface area contributed by atoms with E-state index in [2.05, 4.69) is 0 Å². The first-order valence-electron chi connectivity index (χ1n) is 9.49. The third-order valence-corrected chi connectivity index (χ3v) is 7.14. The van der Waals surface area contributed by atoms with E-state index in [1.165, 1.54) is 24.6 Å². The minimum Gasteiger partial charge on any atom is -0.495 e. The Morgan fingerprint density at radius 2 is 2.00 bits per heavy atom. The van der Waals surface area contributed by atoms with Gasteiger partial charge in [0.25, 0.3) is 0 Å². The number of hydrogen-bond donors (Lipinski definition) is 1. The Kier molecular flexibility index (Phi) is 7.12. The second-order valence-corrected chi connectivity index (χ2v) is 9.00. The number of carbonyl (C=O) groups excluding carboxylic acids is 1. The molecule has 0 bridgehead atoms. The molecule has 9 nitrogen and oxygen atoms in total. The van der Waals surface area contributed by atoms with Crippen molar-refractivity contribution in [3.8, 4) is 5.75 Å². The van der Waals surface area contributed by atoms with E-state index in [-0.39, 0.29) is 48.9 Å². The van der Waals surface area contributed by atoms with Crippen LogP contribution in [0.15, 0.2) is 29.2 Å². The number of benzene rings is 1. The molecule has 3 rings (SSSR count). The number of nitrogens with zero attached hydrogens (tertiary/aromatic N) is 1. The SMILES string of the molecule is COC(=O)C[C@@H]1CC[C@H]2[C@@H](COC[C@H](O)CN2S(=O)(=O)c2ccccc2OC)O1. The lowest BCUT2D eigenvalue weighted by molar-refractivity contribution is -0.157. The maximum Gasteiger partial charge on any atom is 0.308 e. The zero-order chi connectivity index (χ0) is 21.0. The van der Waals surface area contributed by atoms with Gasteiger partial charge in [-0.2, -0.15) is 4.31 Å². The van der Waals surface area contributed by atoms with Crippen molar-refractivity contribution in [2.75, 3.05) is 34.0 Å². The predicted octanol–water partition coefficient (Wildman–Crippen LogP) is 0.556. The van der Waals surface area contributed by atoms with Crippen LogP contribution in [0.25, 0.3) is 0 Å². The van der Waals surface area contributed by atoms with Gasteiger partial charge in [-0.15, -0.1) is 0 Å². The highest BCUT2D eigenvalue weighted by atomic mass is 32.2. The lowest BCUT2D eigenvalue weighted by atomic mass is 9.96. The van der Waals surface area contributed by atoms with Gasteiger partial charge in [0, 0.05) is 6.54 Å². The fraction of sp³-hybridized carbons (Fsp3) is 0.632. The zero-order valence-corrected chi connectivity index (χ0v) is 17.3. The maximum atomic E-state index is 13.5. The molecule has 0 aromatic heterocycles. The smallest absolute Gasteiger partial charge is 0.308 e. The van der Waals surface area contributed by atoms with E-state index < -0.39 is 28.3 Å². The highest BCUT2D eigenvalue weighted by Gasteiger charge is 2.43. The quantitative estimate of drug-likeness (QED) is 0.676. The summed E-state index contributed by atoms with van der Waals surface area (Å²) in [5.41, 5.74) is 0. The third kappa shape index (κ3) is 4.89. The van der Waals surface area contributed by atoms with Gasteiger partial charge in [-0.3, -0.25) is 4.79 Å². The van der Waals surface area contributed by atoms with Crippen molar-refractivity contribution < 1.29 is 37.3 Å². The molecule has 4 atom stereocenters. The van der Waals surface area contributed by atoms with E-state index >= 15 is 0 Å². The molecule has 0 saturated carbocycles. The molecule has 0 amide bonds. The van der Waals surface area contributed by atoms with Gasteiger partial charge in [0.05, 0.1) is 58.2 Å². The Balaban J connectivity index is 1.90. The van der Waals surface area contributed by atoms with Crippen LogP contribution >= 0.6 is 0 Å². The number of methoxy groups -OCH3 is 2. The molecule has 29 heavy (non-hydrogen) atoms. The number of ether oxygens (including phenoxy) is 4. The van der Waals surface area contributed by atoms with Crippen molar-refractivity contribution in [3.63, 3.8) is 0 Å². The lowest BCUT2D eigenvalue weighted by Crippen LogP contribution is -2.57. The third-order valence-electron chi connectivity index (χ3n) is 5.21. The minimum atomic E-state index is -3.97. The molecule has 2 aliphatic rings. The first-order chi connectivity index (χ1) is 13.9. The lowest BCUT2D eigenvalue weighted by Gasteiger charge is -2.43. The number of para-hydroxylation sites is 1. The maximum absolute atomic E-state index is 13.5. The summed E-state index contributed by atoms with van der Waals surface area (Å²) in [6.45, 7) is -0.00386. The van der Waals surface area contributed by atoms with Gasteiger partial charge < -0.3 is 24.1 Å². The van der Waals surface area contributed by atoms with Gasteiger partial charge in [-0.05, 0) is 25.0 Å². The Bertz CT molecular complexity index is 814. The van der Waals surface area contributed by atoms with E-state index in [1.807, 2.05) is 0 Å². The second-order valence-electron chi connectivity index (χ2n) is 7.14. The molecule has 0 aliphatic carbocycles. The van der Waals surface area contributed by atoms with Crippen molar-refractivity contribution in [3.05, 3.63) is 24.3 Å². The zero-order valence-electron chi connectivity index (χ0n) is 16.5. The van der Waals surface area contributed by atoms with Crippen molar-refractivity contribution in [1.82, 2.24) is 4.31 Å². The van der Waals surface area contributed by atoms with E-state index in [0.29, 0.717) is 12.8 Å². The van der Waals surface area contributed by atoms with Crippen molar-refractivity contribution in [2.24, 2.45) is 0 Å². The number of carbonyl (C=O) groups is 1. The van der Waals surface area contributed by atoms with Crippen LogP contribution < -0.4 is 4.74 Å². The molecule has 162 valence electrons. The summed E-state index contributed by atoms with van der Waals surface area (Å²) < 4.78 is 49.8. The van der Waals surface area contributed by atoms with Crippen LogP contribution in [0, 0.1) is 0 Å². The first-order valence-corrected chi connectivity index (χ1v) is 10.9. The summed E-state index contributed by atoms with van der Waals surface area (Å²) >= 11 is 0. The number of esters is 1. The van der Waals surface area contributed by atoms with Crippen LogP contribution in [0.3, 0.4) is 0 Å². The number of β-amino-alcohol motifs (C(OH)–C–C–N with tert-alkyl or cyclic N) is 1. The molecule has 2 heterocycles. The number of rotatable bonds is 5. The van der Waals surface area contributed by atoms with E-state index in [4.69, 9.17) is 18.9 Å². The van der Waals surface area contributed by atoms with E-state index in [9.17, 15) is 18.3 Å². The molecule has 0 unspecified atom stereocenters. The number of hydrogen-bond acceptors (Lipinski definition) is 8. The van der Waals surface area contributed by atoms with Gasteiger partial charge in [-0.1, -0.05) is 12.1 Å². The van der Waals surface area contributed by atoms with Crippen molar-refractivity contribution in [1.29, 1.82) is 0 Å². The number of aliphatic hydroxyl groups is 1. The Morgan fingerprint density at radius 3 is 2.72 bits per heavy atom. The first kappa shape index (κ1) is 22.0. The summed E-state index contributed by atoms with van der Waals surface area (Å²) in [4.78, 5) is 11.6. The van der Waals surface area contributed by atoms with Gasteiger partial charge in [-0.25, -0.2) is 8.42 Å². The van der Waals surface area contributed by atoms with Crippen LogP contribution in [0.2, 0.25) is 0 Å². The van der Waals surface area contributed by atoms with Gasteiger partial charge in [0.15, 0.2) is 0 Å². The summed E-state index contributed by atoms with van der Waals surface area (Å²) in [6, 6.07) is 5.85. The number of sulfonamides is 1. The van der Waals surface area contributed by atoms with E-state index in [1.54, 1.807) is 18.2 Å². The van der Waals surface area contributed by atoms with Crippen LogP contribution in [0.1, 0.15) is 19.3 Å². The van der Waals surface area contributed by atoms with Crippen LogP contribution in [0.5, 0.6) is 5.75 Å². The highest BCUT2D eigenvalue weighted by Crippen LogP contribution is 2.34. The van der Waals surface area contributed by atoms with Crippen LogP contribution in [-0.4, -0.2) is 82.1 Å². The van der Waals surface area contributed by atoms with E-state index in [0.717, 1.165) is 0 Å².